The molecule has 0 atom stereocenters. The van der Waals surface area contributed by atoms with E-state index in [1.165, 1.54) is 6.20 Å². The van der Waals surface area contributed by atoms with E-state index in [-0.39, 0.29) is 5.91 Å². The van der Waals surface area contributed by atoms with E-state index in [1.807, 2.05) is 11.5 Å². The van der Waals surface area contributed by atoms with Crippen LogP contribution in [0.1, 0.15) is 23.1 Å². The van der Waals surface area contributed by atoms with E-state index in [1.54, 1.807) is 18.5 Å². The van der Waals surface area contributed by atoms with E-state index in [0.29, 0.717) is 23.8 Å². The molecule has 2 aromatic rings. The molecule has 0 aliphatic carbocycles. The lowest BCUT2D eigenvalue weighted by atomic mass is 10.2. The molecule has 0 bridgehead atoms. The molecule has 7 nitrogen and oxygen atoms in total. The third-order valence-electron chi connectivity index (χ3n) is 2.49. The molecule has 1 amide bonds. The van der Waals surface area contributed by atoms with Crippen LogP contribution < -0.4 is 11.1 Å². The zero-order chi connectivity index (χ0) is 13.0. The van der Waals surface area contributed by atoms with Crippen molar-refractivity contribution in [3.05, 3.63) is 36.0 Å². The predicted molar refractivity (Wildman–Crippen MR) is 65.5 cm³/mol. The summed E-state index contributed by atoms with van der Waals surface area (Å²) in [6.07, 6.45) is 3.07. The number of nitrogen functional groups attached to an aromatic ring is 1. The van der Waals surface area contributed by atoms with Crippen LogP contribution in [0.15, 0.2) is 24.7 Å². The highest BCUT2D eigenvalue weighted by atomic mass is 16.1. The summed E-state index contributed by atoms with van der Waals surface area (Å²) in [5.74, 6) is 0.889. The highest BCUT2D eigenvalue weighted by Crippen LogP contribution is 2.02. The molecule has 2 aromatic heterocycles. The lowest BCUT2D eigenvalue weighted by molar-refractivity contribution is 0.0949. The van der Waals surface area contributed by atoms with Crippen molar-refractivity contribution in [1.82, 2.24) is 25.1 Å². The van der Waals surface area contributed by atoms with Gasteiger partial charge in [-0.15, -0.1) is 10.2 Å². The second-order valence-corrected chi connectivity index (χ2v) is 3.69. The number of amides is 1. The summed E-state index contributed by atoms with van der Waals surface area (Å²) in [7, 11) is 0. The summed E-state index contributed by atoms with van der Waals surface area (Å²) in [5, 5.41) is 10.5. The summed E-state index contributed by atoms with van der Waals surface area (Å²) >= 11 is 0. The number of nitrogens with one attached hydrogen (secondary N) is 1. The molecular formula is C11H14N6O. The van der Waals surface area contributed by atoms with Gasteiger partial charge in [-0.1, -0.05) is 0 Å². The van der Waals surface area contributed by atoms with Crippen LogP contribution in [0, 0.1) is 0 Å². The molecule has 0 saturated heterocycles. The Morgan fingerprint density at radius 1 is 1.50 bits per heavy atom. The summed E-state index contributed by atoms with van der Waals surface area (Å²) in [6, 6.07) is 3.21. The van der Waals surface area contributed by atoms with E-state index in [2.05, 4.69) is 20.5 Å². The summed E-state index contributed by atoms with van der Waals surface area (Å²) in [4.78, 5) is 15.7. The molecular weight excluding hydrogens is 232 g/mol. The van der Waals surface area contributed by atoms with Gasteiger partial charge in [-0.3, -0.25) is 4.79 Å². The molecule has 3 N–H and O–H groups in total. The Hall–Kier alpha value is -2.44. The first-order valence-corrected chi connectivity index (χ1v) is 5.57. The number of hydrogen-bond acceptors (Lipinski definition) is 5. The van der Waals surface area contributed by atoms with E-state index in [0.717, 1.165) is 6.54 Å². The van der Waals surface area contributed by atoms with Gasteiger partial charge in [0.1, 0.15) is 12.1 Å². The first-order valence-electron chi connectivity index (χ1n) is 5.57. The molecule has 0 unspecified atom stereocenters. The molecule has 2 rings (SSSR count). The maximum Gasteiger partial charge on any atom is 0.253 e. The van der Waals surface area contributed by atoms with Gasteiger partial charge in [0, 0.05) is 12.7 Å². The number of carbonyl (C=O) groups is 1. The molecule has 0 aromatic carbocycles. The quantitative estimate of drug-likeness (QED) is 0.803. The van der Waals surface area contributed by atoms with Gasteiger partial charge in [-0.05, 0) is 19.1 Å². The minimum absolute atomic E-state index is 0.215. The fourth-order valence-electron chi connectivity index (χ4n) is 1.48. The Morgan fingerprint density at radius 3 is 3.00 bits per heavy atom. The summed E-state index contributed by atoms with van der Waals surface area (Å²) < 4.78 is 1.86. The molecule has 7 heteroatoms. The van der Waals surface area contributed by atoms with Crippen molar-refractivity contribution in [1.29, 1.82) is 0 Å². The second-order valence-electron chi connectivity index (χ2n) is 3.69. The van der Waals surface area contributed by atoms with Crippen LogP contribution in [0.25, 0.3) is 0 Å². The smallest absolute Gasteiger partial charge is 0.253 e. The van der Waals surface area contributed by atoms with Crippen molar-refractivity contribution < 1.29 is 4.79 Å². The topological polar surface area (TPSA) is 98.7 Å². The number of carbonyl (C=O) groups excluding carboxylic acids is 1. The van der Waals surface area contributed by atoms with Crippen molar-refractivity contribution in [2.24, 2.45) is 0 Å². The van der Waals surface area contributed by atoms with Gasteiger partial charge in [0.2, 0.25) is 0 Å². The molecule has 18 heavy (non-hydrogen) atoms. The highest BCUT2D eigenvalue weighted by molar-refractivity contribution is 5.93. The van der Waals surface area contributed by atoms with Crippen molar-refractivity contribution in [2.45, 2.75) is 20.0 Å². The zero-order valence-corrected chi connectivity index (χ0v) is 10.00. The first kappa shape index (κ1) is 12.0. The zero-order valence-electron chi connectivity index (χ0n) is 10.00. The number of hydrogen-bond donors (Lipinski definition) is 2. The van der Waals surface area contributed by atoms with Crippen molar-refractivity contribution in [2.75, 3.05) is 5.73 Å². The van der Waals surface area contributed by atoms with Gasteiger partial charge in [0.15, 0.2) is 5.82 Å². The minimum Gasteiger partial charge on any atom is -0.384 e. The van der Waals surface area contributed by atoms with Gasteiger partial charge < -0.3 is 15.6 Å². The van der Waals surface area contributed by atoms with Crippen molar-refractivity contribution in [3.63, 3.8) is 0 Å². The highest BCUT2D eigenvalue weighted by Gasteiger charge is 2.08. The van der Waals surface area contributed by atoms with E-state index < -0.39 is 0 Å². The third kappa shape index (κ3) is 2.62. The average molecular weight is 246 g/mol. The van der Waals surface area contributed by atoms with E-state index in [4.69, 9.17) is 5.73 Å². The normalized spacial score (nSPS) is 10.3. The maximum atomic E-state index is 11.8. The van der Waals surface area contributed by atoms with Gasteiger partial charge >= 0.3 is 0 Å². The standard InChI is InChI=1S/C11H14N6O/c1-2-17-7-15-16-10(17)6-14-11(18)8-3-4-9(12)13-5-8/h3-5,7H,2,6H2,1H3,(H2,12,13)(H,14,18). The second kappa shape index (κ2) is 5.26. The van der Waals surface area contributed by atoms with Gasteiger partial charge in [0.25, 0.3) is 5.91 Å². The van der Waals surface area contributed by atoms with Crippen LogP contribution in [0.5, 0.6) is 0 Å². The number of aromatic nitrogens is 4. The van der Waals surface area contributed by atoms with E-state index in [9.17, 15) is 4.79 Å². The van der Waals surface area contributed by atoms with Crippen LogP contribution in [-0.4, -0.2) is 25.7 Å². The van der Waals surface area contributed by atoms with Gasteiger partial charge in [0.05, 0.1) is 12.1 Å². The first-order chi connectivity index (χ1) is 8.70. The molecule has 94 valence electrons. The van der Waals surface area contributed by atoms with Crippen molar-refractivity contribution in [3.8, 4) is 0 Å². The van der Waals surface area contributed by atoms with Gasteiger partial charge in [-0.2, -0.15) is 0 Å². The number of rotatable bonds is 4. The fourth-order valence-corrected chi connectivity index (χ4v) is 1.48. The number of nitrogens with two attached hydrogens (primary N) is 1. The Balaban J connectivity index is 1.98. The lowest BCUT2D eigenvalue weighted by Gasteiger charge is -2.05. The largest absolute Gasteiger partial charge is 0.384 e. The number of anilines is 1. The number of nitrogens with zero attached hydrogens (tertiary/aromatic N) is 4. The molecule has 0 fully saturated rings. The maximum absolute atomic E-state index is 11.8. The average Bonchev–Trinajstić information content (AvgIpc) is 2.84. The molecule has 0 radical (unpaired) electrons. The molecule has 0 aliphatic heterocycles. The number of aryl methyl sites for hydroxylation is 1. The van der Waals surface area contributed by atoms with Crippen LogP contribution in [0.2, 0.25) is 0 Å². The molecule has 0 saturated carbocycles. The van der Waals surface area contributed by atoms with Crippen LogP contribution in [0.4, 0.5) is 5.82 Å². The van der Waals surface area contributed by atoms with Crippen LogP contribution in [-0.2, 0) is 13.1 Å². The molecule has 2 heterocycles. The van der Waals surface area contributed by atoms with Gasteiger partial charge in [-0.25, -0.2) is 4.98 Å². The fraction of sp³-hybridized carbons (Fsp3) is 0.273. The van der Waals surface area contributed by atoms with Crippen LogP contribution in [0.3, 0.4) is 0 Å². The Morgan fingerprint density at radius 2 is 2.33 bits per heavy atom. The SMILES string of the molecule is CCn1cnnc1CNC(=O)c1ccc(N)nc1. The van der Waals surface area contributed by atoms with E-state index >= 15 is 0 Å². The number of pyridine rings is 1. The lowest BCUT2D eigenvalue weighted by Crippen LogP contribution is -2.24. The predicted octanol–water partition coefficient (Wildman–Crippen LogP) is 0.205. The molecule has 0 aliphatic rings. The monoisotopic (exact) mass is 246 g/mol. The van der Waals surface area contributed by atoms with Crippen molar-refractivity contribution >= 4 is 11.7 Å². The Bertz CT molecular complexity index is 533. The third-order valence-corrected chi connectivity index (χ3v) is 2.49. The summed E-state index contributed by atoms with van der Waals surface area (Å²) in [6.45, 7) is 3.08. The Labute approximate surface area is 104 Å². The molecule has 0 spiro atoms. The summed E-state index contributed by atoms with van der Waals surface area (Å²) in [5.41, 5.74) is 5.92. The minimum atomic E-state index is -0.215. The van der Waals surface area contributed by atoms with Crippen LogP contribution >= 0.6 is 0 Å². The Kier molecular flexibility index (Phi) is 3.52.